The van der Waals surface area contributed by atoms with Gasteiger partial charge in [-0.25, -0.2) is 0 Å². The highest BCUT2D eigenvalue weighted by atomic mass is 16.2. The zero-order chi connectivity index (χ0) is 7.84. The molecule has 0 aromatic carbocycles. The average Bonchev–Trinajstić information content (AvgIpc) is 2.30. The largest absolute Gasteiger partial charge is 0.299 e. The Kier molecular flexibility index (Phi) is 1.41. The highest BCUT2D eigenvalue weighted by molar-refractivity contribution is 6.08. The fourth-order valence-corrected chi connectivity index (χ4v) is 1.96. The molecule has 0 amide bonds. The summed E-state index contributed by atoms with van der Waals surface area (Å²) in [6.45, 7) is 0. The number of carbonyl (C=O) groups excluding carboxylic acids is 2. The highest BCUT2D eigenvalue weighted by Gasteiger charge is 2.40. The van der Waals surface area contributed by atoms with Gasteiger partial charge in [-0.1, -0.05) is 12.2 Å². The molecule has 11 heavy (non-hydrogen) atoms. The number of allylic oxidation sites excluding steroid dienone is 2. The molecule has 2 atom stereocenters. The Labute approximate surface area is 65.3 Å². The summed E-state index contributed by atoms with van der Waals surface area (Å²) in [5, 5.41) is 0. The van der Waals surface area contributed by atoms with E-state index in [1.807, 2.05) is 12.2 Å². The molecule has 0 heterocycles. The third kappa shape index (κ3) is 0.934. The van der Waals surface area contributed by atoms with Crippen LogP contribution in [-0.2, 0) is 9.59 Å². The van der Waals surface area contributed by atoms with Crippen LogP contribution < -0.4 is 0 Å². The zero-order valence-electron chi connectivity index (χ0n) is 6.25. The molecule has 2 aliphatic carbocycles. The van der Waals surface area contributed by atoms with Gasteiger partial charge in [0.25, 0.3) is 0 Å². The fraction of sp³-hybridized carbons (Fsp3) is 0.556. The first-order chi connectivity index (χ1) is 5.29. The van der Waals surface area contributed by atoms with Crippen LogP contribution in [0.1, 0.15) is 19.3 Å². The van der Waals surface area contributed by atoms with Crippen molar-refractivity contribution in [2.24, 2.45) is 11.8 Å². The highest BCUT2D eigenvalue weighted by Crippen LogP contribution is 2.34. The van der Waals surface area contributed by atoms with Crippen LogP contribution in [0.2, 0.25) is 0 Å². The van der Waals surface area contributed by atoms with Crippen molar-refractivity contribution in [2.45, 2.75) is 19.3 Å². The number of Topliss-reactive ketones (excluding diaryl/α,β-unsaturated/α-hetero) is 2. The lowest BCUT2D eigenvalue weighted by molar-refractivity contribution is -0.122. The first-order valence-corrected chi connectivity index (χ1v) is 3.99. The molecule has 58 valence electrons. The third-order valence-corrected chi connectivity index (χ3v) is 2.61. The Morgan fingerprint density at radius 1 is 1.00 bits per heavy atom. The maximum atomic E-state index is 11.2. The number of hydrogen-bond donors (Lipinski definition) is 0. The van der Waals surface area contributed by atoms with Crippen molar-refractivity contribution in [2.75, 3.05) is 0 Å². The summed E-state index contributed by atoms with van der Waals surface area (Å²) >= 11 is 0. The van der Waals surface area contributed by atoms with Crippen molar-refractivity contribution >= 4 is 11.6 Å². The van der Waals surface area contributed by atoms with Crippen LogP contribution in [-0.4, -0.2) is 11.6 Å². The number of fused-ring (bicyclic) bond motifs is 1. The number of carbonyl (C=O) groups is 2. The van der Waals surface area contributed by atoms with Crippen LogP contribution in [0.15, 0.2) is 12.2 Å². The van der Waals surface area contributed by atoms with Crippen molar-refractivity contribution in [1.82, 2.24) is 0 Å². The summed E-state index contributed by atoms with van der Waals surface area (Å²) in [5.74, 6) is 0.383. The lowest BCUT2D eigenvalue weighted by Gasteiger charge is -2.16. The summed E-state index contributed by atoms with van der Waals surface area (Å²) < 4.78 is 0. The summed E-state index contributed by atoms with van der Waals surface area (Å²) in [7, 11) is 0. The molecule has 2 aliphatic rings. The molecule has 0 radical (unpaired) electrons. The van der Waals surface area contributed by atoms with E-state index in [1.54, 1.807) is 0 Å². The van der Waals surface area contributed by atoms with E-state index in [0.717, 1.165) is 12.8 Å². The molecule has 0 spiro atoms. The zero-order valence-corrected chi connectivity index (χ0v) is 6.25. The van der Waals surface area contributed by atoms with Gasteiger partial charge < -0.3 is 0 Å². The Balaban J connectivity index is 2.28. The van der Waals surface area contributed by atoms with Crippen LogP contribution in [0.3, 0.4) is 0 Å². The molecule has 0 aliphatic heterocycles. The van der Waals surface area contributed by atoms with Crippen LogP contribution in [0, 0.1) is 11.8 Å². The third-order valence-electron chi connectivity index (χ3n) is 2.61. The first kappa shape index (κ1) is 6.77. The van der Waals surface area contributed by atoms with E-state index >= 15 is 0 Å². The molecular weight excluding hydrogens is 140 g/mol. The van der Waals surface area contributed by atoms with E-state index in [4.69, 9.17) is 0 Å². The van der Waals surface area contributed by atoms with Gasteiger partial charge in [0.2, 0.25) is 0 Å². The predicted octanol–water partition coefficient (Wildman–Crippen LogP) is 1.11. The lowest BCUT2D eigenvalue weighted by atomic mass is 9.85. The second-order valence-corrected chi connectivity index (χ2v) is 3.27. The van der Waals surface area contributed by atoms with Gasteiger partial charge in [-0.3, -0.25) is 9.59 Å². The van der Waals surface area contributed by atoms with E-state index in [1.165, 1.54) is 0 Å². The van der Waals surface area contributed by atoms with E-state index in [2.05, 4.69) is 0 Å². The van der Waals surface area contributed by atoms with Gasteiger partial charge in [0.05, 0.1) is 6.42 Å². The SMILES string of the molecule is O=C1CC(=O)[C@@H]2CC=CC[C@H]12. The summed E-state index contributed by atoms with van der Waals surface area (Å²) in [6.07, 6.45) is 5.79. The Hall–Kier alpha value is -0.920. The van der Waals surface area contributed by atoms with Gasteiger partial charge >= 0.3 is 0 Å². The van der Waals surface area contributed by atoms with E-state index in [0.29, 0.717) is 0 Å². The van der Waals surface area contributed by atoms with Gasteiger partial charge in [0.1, 0.15) is 11.6 Å². The minimum atomic E-state index is 0.0347. The summed E-state index contributed by atoms with van der Waals surface area (Å²) in [4.78, 5) is 22.3. The molecule has 0 aromatic heterocycles. The minimum Gasteiger partial charge on any atom is -0.299 e. The number of hydrogen-bond acceptors (Lipinski definition) is 2. The first-order valence-electron chi connectivity index (χ1n) is 3.99. The Morgan fingerprint density at radius 3 is 1.91 bits per heavy atom. The molecule has 2 nitrogen and oxygen atoms in total. The molecule has 0 N–H and O–H groups in total. The van der Waals surface area contributed by atoms with Gasteiger partial charge in [0, 0.05) is 11.8 Å². The number of rotatable bonds is 0. The smallest absolute Gasteiger partial charge is 0.144 e. The standard InChI is InChI=1S/C9H10O2/c10-8-5-9(11)7-4-2-1-3-6(7)8/h1-2,6-7H,3-5H2/t6-,7+. The van der Waals surface area contributed by atoms with Crippen LogP contribution in [0.5, 0.6) is 0 Å². The van der Waals surface area contributed by atoms with Crippen molar-refractivity contribution in [3.05, 3.63) is 12.2 Å². The molecular formula is C9H10O2. The second kappa shape index (κ2) is 2.29. The van der Waals surface area contributed by atoms with Crippen LogP contribution in [0.25, 0.3) is 0 Å². The Morgan fingerprint density at radius 2 is 1.45 bits per heavy atom. The van der Waals surface area contributed by atoms with Crippen LogP contribution in [0.4, 0.5) is 0 Å². The van der Waals surface area contributed by atoms with E-state index in [9.17, 15) is 9.59 Å². The molecule has 1 saturated carbocycles. The maximum absolute atomic E-state index is 11.2. The molecule has 2 rings (SSSR count). The van der Waals surface area contributed by atoms with Gasteiger partial charge in [-0.15, -0.1) is 0 Å². The Bertz CT molecular complexity index is 216. The lowest BCUT2D eigenvalue weighted by Crippen LogP contribution is -2.18. The minimum absolute atomic E-state index is 0.0347. The van der Waals surface area contributed by atoms with Crippen molar-refractivity contribution < 1.29 is 9.59 Å². The molecule has 0 aromatic rings. The molecule has 2 heteroatoms. The van der Waals surface area contributed by atoms with Crippen LogP contribution >= 0.6 is 0 Å². The van der Waals surface area contributed by atoms with Crippen molar-refractivity contribution in [3.8, 4) is 0 Å². The maximum Gasteiger partial charge on any atom is 0.144 e. The van der Waals surface area contributed by atoms with Gasteiger partial charge in [-0.05, 0) is 12.8 Å². The normalized spacial score (nSPS) is 36.0. The van der Waals surface area contributed by atoms with Gasteiger partial charge in [-0.2, -0.15) is 0 Å². The van der Waals surface area contributed by atoms with Crippen molar-refractivity contribution in [3.63, 3.8) is 0 Å². The fourth-order valence-electron chi connectivity index (χ4n) is 1.96. The molecule has 0 saturated heterocycles. The monoisotopic (exact) mass is 150 g/mol. The number of ketones is 2. The molecule has 1 fully saturated rings. The van der Waals surface area contributed by atoms with E-state index in [-0.39, 0.29) is 29.8 Å². The summed E-state index contributed by atoms with van der Waals surface area (Å²) in [6, 6.07) is 0. The second-order valence-electron chi connectivity index (χ2n) is 3.27. The van der Waals surface area contributed by atoms with Gasteiger partial charge in [0.15, 0.2) is 0 Å². The molecule has 0 unspecified atom stereocenters. The molecule has 0 bridgehead atoms. The average molecular weight is 150 g/mol. The summed E-state index contributed by atoms with van der Waals surface area (Å²) in [5.41, 5.74) is 0. The quantitative estimate of drug-likeness (QED) is 0.383. The topological polar surface area (TPSA) is 34.1 Å². The van der Waals surface area contributed by atoms with E-state index < -0.39 is 0 Å². The predicted molar refractivity (Wildman–Crippen MR) is 40.0 cm³/mol. The van der Waals surface area contributed by atoms with Crippen molar-refractivity contribution in [1.29, 1.82) is 0 Å².